The summed E-state index contributed by atoms with van der Waals surface area (Å²) in [7, 11) is 0. The lowest BCUT2D eigenvalue weighted by molar-refractivity contribution is -0.148. The zero-order valence-corrected chi connectivity index (χ0v) is 16.6. The summed E-state index contributed by atoms with van der Waals surface area (Å²) < 4.78 is 5.45. The van der Waals surface area contributed by atoms with Crippen LogP contribution in [0.4, 0.5) is 5.69 Å². The summed E-state index contributed by atoms with van der Waals surface area (Å²) in [6.07, 6.45) is 5.53. The van der Waals surface area contributed by atoms with Crippen molar-refractivity contribution in [2.24, 2.45) is 11.8 Å². The molecule has 2 atom stereocenters. The first kappa shape index (κ1) is 18.7. The Morgan fingerprint density at radius 1 is 1.18 bits per heavy atom. The van der Waals surface area contributed by atoms with Crippen molar-refractivity contribution in [2.75, 3.05) is 11.9 Å². The molecule has 0 unspecified atom stereocenters. The van der Waals surface area contributed by atoms with Crippen LogP contribution in [0.25, 0.3) is 5.57 Å². The first-order valence-corrected chi connectivity index (χ1v) is 9.93. The van der Waals surface area contributed by atoms with Gasteiger partial charge in [-0.1, -0.05) is 18.9 Å². The highest BCUT2D eigenvalue weighted by molar-refractivity contribution is 6.07. The van der Waals surface area contributed by atoms with Gasteiger partial charge in [-0.15, -0.1) is 0 Å². The average Bonchev–Trinajstić information content (AvgIpc) is 2.87. The van der Waals surface area contributed by atoms with E-state index in [1.54, 1.807) is 6.07 Å². The van der Waals surface area contributed by atoms with Gasteiger partial charge in [0.15, 0.2) is 0 Å². The number of rotatable bonds is 3. The molecule has 1 aliphatic carbocycles. The van der Waals surface area contributed by atoms with Crippen LogP contribution in [0.5, 0.6) is 5.75 Å². The minimum Gasteiger partial charge on any atom is -0.425 e. The predicted molar refractivity (Wildman–Crippen MR) is 106 cm³/mol. The number of carbonyl (C=O) groups is 3. The molecule has 0 bridgehead atoms. The van der Waals surface area contributed by atoms with Crippen molar-refractivity contribution in [2.45, 2.75) is 52.0 Å². The molecule has 28 heavy (non-hydrogen) atoms. The molecular formula is C22H26N2O4. The van der Waals surface area contributed by atoms with Crippen LogP contribution in [0.3, 0.4) is 0 Å². The van der Waals surface area contributed by atoms with E-state index < -0.39 is 5.97 Å². The summed E-state index contributed by atoms with van der Waals surface area (Å²) >= 11 is 0. The molecule has 1 aromatic carbocycles. The van der Waals surface area contributed by atoms with Crippen LogP contribution >= 0.6 is 0 Å². The third-order valence-electron chi connectivity index (χ3n) is 5.90. The fourth-order valence-electron chi connectivity index (χ4n) is 4.70. The predicted octanol–water partition coefficient (Wildman–Crippen LogP) is 3.37. The molecule has 6 heteroatoms. The van der Waals surface area contributed by atoms with Crippen molar-refractivity contribution in [1.82, 2.24) is 4.90 Å². The molecule has 1 N–H and O–H groups in total. The van der Waals surface area contributed by atoms with E-state index in [0.29, 0.717) is 5.75 Å². The third-order valence-corrected chi connectivity index (χ3v) is 5.90. The number of ether oxygens (including phenoxy) is 1. The Bertz CT molecular complexity index is 863. The molecule has 6 nitrogen and oxygen atoms in total. The Morgan fingerprint density at radius 3 is 2.46 bits per heavy atom. The van der Waals surface area contributed by atoms with E-state index in [1.807, 2.05) is 19.1 Å². The lowest BCUT2D eigenvalue weighted by atomic mass is 9.81. The summed E-state index contributed by atoms with van der Waals surface area (Å²) in [4.78, 5) is 38.5. The van der Waals surface area contributed by atoms with Gasteiger partial charge in [0.25, 0.3) is 0 Å². The van der Waals surface area contributed by atoms with Crippen LogP contribution in [0, 0.1) is 11.8 Å². The zero-order valence-electron chi connectivity index (χ0n) is 16.6. The molecule has 1 saturated carbocycles. The van der Waals surface area contributed by atoms with Gasteiger partial charge in [-0.05, 0) is 57.4 Å². The Hall–Kier alpha value is -2.63. The Balaban J connectivity index is 1.46. The first-order chi connectivity index (χ1) is 13.2. The lowest BCUT2D eigenvalue weighted by Gasteiger charge is -2.31. The number of hydrogen-bond acceptors (Lipinski definition) is 5. The number of nitrogens with zero attached hydrogens (tertiary/aromatic N) is 1. The number of carbonyl (C=O) groups excluding carboxylic acids is 3. The summed E-state index contributed by atoms with van der Waals surface area (Å²) in [6, 6.07) is 5.43. The summed E-state index contributed by atoms with van der Waals surface area (Å²) in [5, 5.41) is 3.43. The van der Waals surface area contributed by atoms with Crippen LogP contribution in [0.2, 0.25) is 0 Å². The molecule has 148 valence electrons. The highest BCUT2D eigenvalue weighted by Gasteiger charge is 2.48. The van der Waals surface area contributed by atoms with Crippen LogP contribution < -0.4 is 10.1 Å². The van der Waals surface area contributed by atoms with Crippen LogP contribution in [0.15, 0.2) is 24.3 Å². The number of benzene rings is 1. The number of anilines is 1. The second-order valence-corrected chi connectivity index (χ2v) is 8.62. The molecule has 1 saturated heterocycles. The van der Waals surface area contributed by atoms with E-state index >= 15 is 0 Å². The van der Waals surface area contributed by atoms with E-state index in [9.17, 15) is 14.4 Å². The number of nitrogens with one attached hydrogen (secondary N) is 1. The molecule has 4 rings (SSSR count). The smallest absolute Gasteiger partial charge is 0.331 e. The van der Waals surface area contributed by atoms with E-state index in [2.05, 4.69) is 25.2 Å². The number of hydrogen-bond donors (Lipinski definition) is 1. The normalized spacial score (nSPS) is 25.5. The summed E-state index contributed by atoms with van der Waals surface area (Å²) in [5.41, 5.74) is 2.93. The van der Waals surface area contributed by atoms with E-state index in [1.165, 1.54) is 0 Å². The maximum Gasteiger partial charge on any atom is 0.331 e. The fraction of sp³-hybridized carbons (Fsp3) is 0.500. The average molecular weight is 382 g/mol. The van der Waals surface area contributed by atoms with Gasteiger partial charge >= 0.3 is 5.97 Å². The van der Waals surface area contributed by atoms with Crippen LogP contribution in [-0.4, -0.2) is 34.8 Å². The number of esters is 1. The Morgan fingerprint density at radius 2 is 1.82 bits per heavy atom. The van der Waals surface area contributed by atoms with Gasteiger partial charge < -0.3 is 10.1 Å². The number of imide groups is 1. The monoisotopic (exact) mass is 382 g/mol. The van der Waals surface area contributed by atoms with Gasteiger partial charge in [0.1, 0.15) is 12.3 Å². The van der Waals surface area contributed by atoms with Crippen molar-refractivity contribution < 1.29 is 19.1 Å². The van der Waals surface area contributed by atoms with E-state index in [4.69, 9.17) is 4.74 Å². The van der Waals surface area contributed by atoms with Gasteiger partial charge in [0.05, 0.1) is 17.4 Å². The van der Waals surface area contributed by atoms with Crippen LogP contribution in [-0.2, 0) is 14.4 Å². The van der Waals surface area contributed by atoms with Crippen LogP contribution in [0.1, 0.15) is 52.0 Å². The topological polar surface area (TPSA) is 75.7 Å². The quantitative estimate of drug-likeness (QED) is 0.493. The first-order valence-electron chi connectivity index (χ1n) is 9.93. The molecular weight excluding hydrogens is 356 g/mol. The molecule has 0 radical (unpaired) electrons. The summed E-state index contributed by atoms with van der Waals surface area (Å²) in [5.74, 6) is -1.12. The molecule has 2 amide bonds. The molecule has 0 aromatic heterocycles. The lowest BCUT2D eigenvalue weighted by Crippen LogP contribution is -2.37. The molecule has 2 heterocycles. The van der Waals surface area contributed by atoms with Crippen molar-refractivity contribution in [3.63, 3.8) is 0 Å². The molecule has 2 aliphatic heterocycles. The van der Waals surface area contributed by atoms with E-state index in [0.717, 1.165) is 47.4 Å². The summed E-state index contributed by atoms with van der Waals surface area (Å²) in [6.45, 7) is 5.89. The molecule has 2 fully saturated rings. The van der Waals surface area contributed by atoms with Crippen molar-refractivity contribution in [3.05, 3.63) is 29.8 Å². The van der Waals surface area contributed by atoms with Crippen molar-refractivity contribution >= 4 is 29.0 Å². The standard InChI is InChI=1S/C22H26N2O4/c1-13-11-22(2,3)23-18-9-8-14(10-17(13)18)28-19(25)12-24-20(26)15-6-4-5-7-16(15)21(24)27/h8-11,15-16,23H,4-7,12H2,1-3H3/t15-,16-/m1/s1. The number of amides is 2. The second-order valence-electron chi connectivity index (χ2n) is 8.62. The minimum absolute atomic E-state index is 0.136. The van der Waals surface area contributed by atoms with Crippen molar-refractivity contribution in [3.8, 4) is 5.75 Å². The van der Waals surface area contributed by atoms with Crippen molar-refractivity contribution in [1.29, 1.82) is 0 Å². The number of likely N-dealkylation sites (tertiary alicyclic amines) is 1. The zero-order chi connectivity index (χ0) is 20.1. The molecule has 0 spiro atoms. The molecule has 1 aromatic rings. The maximum atomic E-state index is 12.5. The van der Waals surface area contributed by atoms with Gasteiger partial charge in [-0.25, -0.2) is 4.79 Å². The Kier molecular flexibility index (Phi) is 4.52. The highest BCUT2D eigenvalue weighted by atomic mass is 16.5. The van der Waals surface area contributed by atoms with Gasteiger partial charge in [-0.2, -0.15) is 0 Å². The Labute approximate surface area is 164 Å². The number of fused-ring (bicyclic) bond motifs is 2. The number of allylic oxidation sites excluding steroid dienone is 1. The largest absolute Gasteiger partial charge is 0.425 e. The highest BCUT2D eigenvalue weighted by Crippen LogP contribution is 2.38. The molecule has 3 aliphatic rings. The van der Waals surface area contributed by atoms with Gasteiger partial charge in [0, 0.05) is 11.3 Å². The van der Waals surface area contributed by atoms with Gasteiger partial charge in [-0.3, -0.25) is 14.5 Å². The van der Waals surface area contributed by atoms with Gasteiger partial charge in [0.2, 0.25) is 11.8 Å². The maximum absolute atomic E-state index is 12.5. The second kappa shape index (κ2) is 6.76. The SMILES string of the molecule is CC1=CC(C)(C)Nc2ccc(OC(=O)CN3C(=O)[C@@H]4CCCC[C@H]4C3=O)cc21. The fourth-order valence-corrected chi connectivity index (χ4v) is 4.70. The third kappa shape index (κ3) is 3.32. The van der Waals surface area contributed by atoms with E-state index in [-0.39, 0.29) is 35.7 Å². The minimum atomic E-state index is -0.592.